The Bertz CT molecular complexity index is 240. The minimum absolute atomic E-state index is 0.177. The average molecular weight is 328 g/mol. The number of nitrogens with one attached hydrogen (secondary N) is 1. The van der Waals surface area contributed by atoms with Crippen LogP contribution in [-0.4, -0.2) is 30.6 Å². The highest BCUT2D eigenvalue weighted by molar-refractivity contribution is 4.68. The van der Waals surface area contributed by atoms with Crippen molar-refractivity contribution in [3.05, 3.63) is 0 Å². The molecule has 138 valence electrons. The molecule has 1 heterocycles. The number of β-amino-alcohol motifs (C(OH)–C–C–N with tert-alkyl or cyclic N) is 1. The zero-order chi connectivity index (χ0) is 16.6. The summed E-state index contributed by atoms with van der Waals surface area (Å²) in [7, 11) is 0. The minimum Gasteiger partial charge on any atom is -0.389 e. The maximum absolute atomic E-state index is 9.33. The molecule has 0 amide bonds. The van der Waals surface area contributed by atoms with Gasteiger partial charge in [-0.2, -0.15) is 0 Å². The fourth-order valence-corrected chi connectivity index (χ4v) is 3.32. The second kappa shape index (κ2) is 15.4. The molecule has 0 aromatic carbocycles. The fourth-order valence-electron chi connectivity index (χ4n) is 3.32. The topological polar surface area (TPSA) is 41.5 Å². The summed E-state index contributed by atoms with van der Waals surface area (Å²) in [6.45, 7) is 3.46. The zero-order valence-corrected chi connectivity index (χ0v) is 15.5. The molecule has 2 N–H and O–H groups in total. The summed E-state index contributed by atoms with van der Waals surface area (Å²) >= 11 is 0. The van der Waals surface area contributed by atoms with E-state index in [0.29, 0.717) is 13.2 Å². The van der Waals surface area contributed by atoms with Gasteiger partial charge in [0.25, 0.3) is 0 Å². The summed E-state index contributed by atoms with van der Waals surface area (Å²) in [6.07, 6.45) is 20.6. The average Bonchev–Trinajstić information content (AvgIpc) is 2.57. The van der Waals surface area contributed by atoms with Crippen molar-refractivity contribution in [2.45, 2.75) is 116 Å². The highest BCUT2D eigenvalue weighted by Crippen LogP contribution is 2.14. The number of hydrogen-bond donors (Lipinski definition) is 2. The van der Waals surface area contributed by atoms with Crippen molar-refractivity contribution in [3.8, 4) is 0 Å². The molecule has 3 heteroatoms. The fraction of sp³-hybridized carbons (Fsp3) is 1.00. The third-order valence-electron chi connectivity index (χ3n) is 4.89. The Hall–Kier alpha value is -0.120. The summed E-state index contributed by atoms with van der Waals surface area (Å²) < 4.78 is 5.54. The van der Waals surface area contributed by atoms with Crippen LogP contribution in [0.1, 0.15) is 103 Å². The normalized spacial score (nSPS) is 21.7. The van der Waals surface area contributed by atoms with E-state index in [4.69, 9.17) is 4.74 Å². The van der Waals surface area contributed by atoms with Gasteiger partial charge in [0, 0.05) is 6.54 Å². The Labute approximate surface area is 144 Å². The molecule has 0 radical (unpaired) electrons. The molecule has 1 fully saturated rings. The van der Waals surface area contributed by atoms with Gasteiger partial charge in [-0.25, -0.2) is 0 Å². The zero-order valence-electron chi connectivity index (χ0n) is 15.5. The second-order valence-electron chi connectivity index (χ2n) is 7.27. The van der Waals surface area contributed by atoms with Gasteiger partial charge in [0.2, 0.25) is 0 Å². The van der Waals surface area contributed by atoms with E-state index in [0.717, 1.165) is 6.42 Å². The maximum Gasteiger partial charge on any atom is 0.108 e. The van der Waals surface area contributed by atoms with Crippen LogP contribution in [-0.2, 0) is 4.74 Å². The molecule has 1 saturated heterocycles. The van der Waals surface area contributed by atoms with Crippen molar-refractivity contribution >= 4 is 0 Å². The predicted octanol–water partition coefficient (Wildman–Crippen LogP) is 5.16. The summed E-state index contributed by atoms with van der Waals surface area (Å²) in [6, 6.07) is 0. The third-order valence-corrected chi connectivity index (χ3v) is 4.89. The van der Waals surface area contributed by atoms with Crippen molar-refractivity contribution in [2.75, 3.05) is 13.2 Å². The van der Waals surface area contributed by atoms with E-state index in [2.05, 4.69) is 12.2 Å². The summed E-state index contributed by atoms with van der Waals surface area (Å²) in [4.78, 5) is 0. The van der Waals surface area contributed by atoms with Crippen molar-refractivity contribution in [1.29, 1.82) is 0 Å². The molecule has 0 aromatic rings. The van der Waals surface area contributed by atoms with Gasteiger partial charge >= 0.3 is 0 Å². The van der Waals surface area contributed by atoms with E-state index in [9.17, 15) is 5.11 Å². The summed E-state index contributed by atoms with van der Waals surface area (Å²) in [5.74, 6) is 0. The number of aliphatic hydroxyl groups excluding tert-OH is 1. The lowest BCUT2D eigenvalue weighted by Crippen LogP contribution is -2.45. The van der Waals surface area contributed by atoms with Crippen molar-refractivity contribution in [2.24, 2.45) is 0 Å². The van der Waals surface area contributed by atoms with E-state index in [1.807, 2.05) is 0 Å². The van der Waals surface area contributed by atoms with Crippen LogP contribution in [0.4, 0.5) is 0 Å². The Kier molecular flexibility index (Phi) is 14.0. The van der Waals surface area contributed by atoms with Crippen molar-refractivity contribution < 1.29 is 9.84 Å². The first-order valence-electron chi connectivity index (χ1n) is 10.4. The Morgan fingerprint density at radius 2 is 1.26 bits per heavy atom. The third kappa shape index (κ3) is 12.9. The lowest BCUT2D eigenvalue weighted by Gasteiger charge is -2.27. The van der Waals surface area contributed by atoms with Crippen LogP contribution < -0.4 is 5.32 Å². The molecule has 23 heavy (non-hydrogen) atoms. The molecular weight excluding hydrogens is 286 g/mol. The second-order valence-corrected chi connectivity index (χ2v) is 7.27. The van der Waals surface area contributed by atoms with Gasteiger partial charge in [0.05, 0.1) is 12.7 Å². The van der Waals surface area contributed by atoms with Crippen LogP contribution in [0.15, 0.2) is 0 Å². The number of ether oxygens (including phenoxy) is 1. The molecule has 0 spiro atoms. The minimum atomic E-state index is -0.317. The first-order chi connectivity index (χ1) is 11.3. The van der Waals surface area contributed by atoms with Crippen LogP contribution in [0.2, 0.25) is 0 Å². The van der Waals surface area contributed by atoms with Gasteiger partial charge in [-0.05, 0) is 12.8 Å². The van der Waals surface area contributed by atoms with Gasteiger partial charge in [-0.15, -0.1) is 0 Å². The highest BCUT2D eigenvalue weighted by Gasteiger charge is 2.17. The van der Waals surface area contributed by atoms with E-state index in [1.54, 1.807) is 0 Å². The van der Waals surface area contributed by atoms with Gasteiger partial charge < -0.3 is 9.84 Å². The molecule has 0 saturated carbocycles. The standard InChI is InChI=1S/C20H41NO2/c1-2-3-4-5-6-7-8-9-10-11-12-13-14-15-16-20-21-17-19(22)18-23-20/h19-22H,2-18H2,1H3. The number of aliphatic hydroxyl groups is 1. The van der Waals surface area contributed by atoms with Crippen molar-refractivity contribution in [3.63, 3.8) is 0 Å². The van der Waals surface area contributed by atoms with E-state index in [1.165, 1.54) is 89.9 Å². The largest absolute Gasteiger partial charge is 0.389 e. The smallest absolute Gasteiger partial charge is 0.108 e. The van der Waals surface area contributed by atoms with Gasteiger partial charge in [-0.3, -0.25) is 5.32 Å². The van der Waals surface area contributed by atoms with Crippen LogP contribution >= 0.6 is 0 Å². The van der Waals surface area contributed by atoms with E-state index < -0.39 is 0 Å². The van der Waals surface area contributed by atoms with Gasteiger partial charge in [0.15, 0.2) is 0 Å². The molecule has 2 unspecified atom stereocenters. The Morgan fingerprint density at radius 3 is 1.70 bits per heavy atom. The molecule has 0 aliphatic carbocycles. The maximum atomic E-state index is 9.33. The SMILES string of the molecule is CCCCCCCCCCCCCCCCC1NCC(O)CO1. The summed E-state index contributed by atoms with van der Waals surface area (Å²) in [5.41, 5.74) is 0. The number of rotatable bonds is 15. The molecule has 0 bridgehead atoms. The van der Waals surface area contributed by atoms with Crippen LogP contribution in [0.5, 0.6) is 0 Å². The van der Waals surface area contributed by atoms with Crippen LogP contribution in [0.25, 0.3) is 0 Å². The number of hydrogen-bond acceptors (Lipinski definition) is 3. The first-order valence-corrected chi connectivity index (χ1v) is 10.4. The lowest BCUT2D eigenvalue weighted by atomic mass is 10.0. The molecule has 2 atom stereocenters. The molecule has 1 rings (SSSR count). The predicted molar refractivity (Wildman–Crippen MR) is 98.7 cm³/mol. The van der Waals surface area contributed by atoms with E-state index in [-0.39, 0.29) is 12.3 Å². The molecule has 1 aliphatic heterocycles. The first kappa shape index (κ1) is 20.9. The lowest BCUT2D eigenvalue weighted by molar-refractivity contribution is -0.0667. The van der Waals surface area contributed by atoms with E-state index >= 15 is 0 Å². The van der Waals surface area contributed by atoms with Gasteiger partial charge in [-0.1, -0.05) is 90.4 Å². The molecule has 1 aliphatic rings. The summed E-state index contributed by atoms with van der Waals surface area (Å²) in [5, 5.41) is 12.6. The van der Waals surface area contributed by atoms with Crippen molar-refractivity contribution in [1.82, 2.24) is 5.32 Å². The van der Waals surface area contributed by atoms with Gasteiger partial charge in [0.1, 0.15) is 6.23 Å². The Balaban J connectivity index is 1.70. The molecular formula is C20H41NO2. The molecule has 3 nitrogen and oxygen atoms in total. The Morgan fingerprint density at radius 1 is 0.783 bits per heavy atom. The number of unbranched alkanes of at least 4 members (excludes halogenated alkanes) is 13. The highest BCUT2D eigenvalue weighted by atomic mass is 16.5. The monoisotopic (exact) mass is 327 g/mol. The van der Waals surface area contributed by atoms with Crippen LogP contribution in [0.3, 0.4) is 0 Å². The van der Waals surface area contributed by atoms with Crippen LogP contribution in [0, 0.1) is 0 Å². The molecule has 0 aromatic heterocycles. The quantitative estimate of drug-likeness (QED) is 0.408.